The Labute approximate surface area is 185 Å². The first-order valence-corrected chi connectivity index (χ1v) is 10.8. The van der Waals surface area contributed by atoms with Gasteiger partial charge in [0.05, 0.1) is 19.3 Å². The molecule has 0 aliphatic heterocycles. The van der Waals surface area contributed by atoms with Crippen molar-refractivity contribution in [3.8, 4) is 0 Å². The number of ether oxygens (including phenoxy) is 1. The minimum Gasteiger partial charge on any atom is -0.480 e. The first-order chi connectivity index (χ1) is 14.7. The summed E-state index contributed by atoms with van der Waals surface area (Å²) in [5.74, 6) is -1.86. The van der Waals surface area contributed by atoms with Crippen LogP contribution in [-0.2, 0) is 25.7 Å². The fraction of sp³-hybridized carbons (Fsp3) is 0.609. The van der Waals surface area contributed by atoms with Crippen molar-refractivity contribution in [1.82, 2.24) is 16.0 Å². The Bertz CT molecular complexity index is 696. The van der Waals surface area contributed by atoms with Crippen LogP contribution in [0.2, 0.25) is 0 Å². The zero-order valence-corrected chi connectivity index (χ0v) is 19.2. The van der Waals surface area contributed by atoms with Gasteiger partial charge in [-0.1, -0.05) is 64.4 Å². The molecule has 8 nitrogen and oxygen atoms in total. The number of carbonyl (C=O) groups is 3. The van der Waals surface area contributed by atoms with E-state index in [0.717, 1.165) is 5.56 Å². The van der Waals surface area contributed by atoms with Crippen LogP contribution in [0.25, 0.3) is 0 Å². The van der Waals surface area contributed by atoms with Crippen molar-refractivity contribution in [2.24, 2.45) is 11.8 Å². The molecule has 0 bridgehead atoms. The Hall–Kier alpha value is -2.45. The van der Waals surface area contributed by atoms with Crippen LogP contribution in [0.1, 0.15) is 46.1 Å². The van der Waals surface area contributed by atoms with Gasteiger partial charge in [0.15, 0.2) is 6.04 Å². The zero-order chi connectivity index (χ0) is 23.4. The maximum absolute atomic E-state index is 12.9. The molecule has 0 fully saturated rings. The summed E-state index contributed by atoms with van der Waals surface area (Å²) >= 11 is 0. The number of amides is 2. The highest BCUT2D eigenvalue weighted by Gasteiger charge is 2.31. The number of hydrogen-bond acceptors (Lipinski definition) is 5. The standard InChI is InChI=1S/C23H37N3O5/c1-6-16(4)20(26-21(27)18(24-5)12-15(2)3)22(28)25-19(23(29)30)14-31-13-17-10-8-7-9-11-17/h7-11,15-16,18-20,24H,6,12-14H2,1-5H3,(H,25,28)(H,26,27)(H,29,30)/t16-,18-,19-,20-/m0/s1. The number of carbonyl (C=O) groups excluding carboxylic acids is 2. The van der Waals surface area contributed by atoms with Crippen molar-refractivity contribution in [2.45, 2.75) is 65.3 Å². The minimum absolute atomic E-state index is 0.166. The van der Waals surface area contributed by atoms with Gasteiger partial charge in [0.25, 0.3) is 0 Å². The molecule has 4 N–H and O–H groups in total. The smallest absolute Gasteiger partial charge is 0.328 e. The second-order valence-corrected chi connectivity index (χ2v) is 8.24. The molecule has 2 amide bonds. The molecule has 1 aromatic carbocycles. The van der Waals surface area contributed by atoms with Gasteiger partial charge in [-0.05, 0) is 30.9 Å². The highest BCUT2D eigenvalue weighted by atomic mass is 16.5. The third kappa shape index (κ3) is 9.48. The largest absolute Gasteiger partial charge is 0.480 e. The molecular weight excluding hydrogens is 398 g/mol. The molecular formula is C23H37N3O5. The molecule has 0 saturated carbocycles. The highest BCUT2D eigenvalue weighted by molar-refractivity contribution is 5.92. The number of rotatable bonds is 14. The lowest BCUT2D eigenvalue weighted by Crippen LogP contribution is -2.57. The van der Waals surface area contributed by atoms with E-state index in [0.29, 0.717) is 18.8 Å². The van der Waals surface area contributed by atoms with Crippen LogP contribution in [0.4, 0.5) is 0 Å². The molecule has 4 atom stereocenters. The Morgan fingerprint density at radius 3 is 2.16 bits per heavy atom. The van der Waals surface area contributed by atoms with Gasteiger partial charge in [0, 0.05) is 0 Å². The summed E-state index contributed by atoms with van der Waals surface area (Å²) in [5.41, 5.74) is 0.908. The monoisotopic (exact) mass is 435 g/mol. The molecule has 8 heteroatoms. The predicted molar refractivity (Wildman–Crippen MR) is 119 cm³/mol. The van der Waals surface area contributed by atoms with Crippen LogP contribution in [0, 0.1) is 11.8 Å². The van der Waals surface area contributed by atoms with Crippen molar-refractivity contribution in [2.75, 3.05) is 13.7 Å². The first-order valence-electron chi connectivity index (χ1n) is 10.8. The van der Waals surface area contributed by atoms with Gasteiger partial charge in [-0.2, -0.15) is 0 Å². The Morgan fingerprint density at radius 1 is 1.00 bits per heavy atom. The zero-order valence-electron chi connectivity index (χ0n) is 19.2. The van der Waals surface area contributed by atoms with Crippen LogP contribution in [0.3, 0.4) is 0 Å². The van der Waals surface area contributed by atoms with Crippen LogP contribution in [-0.4, -0.2) is 54.7 Å². The first kappa shape index (κ1) is 26.6. The number of likely N-dealkylation sites (N-methyl/N-ethyl adjacent to an activating group) is 1. The second kappa shape index (κ2) is 13.8. The van der Waals surface area contributed by atoms with Crippen LogP contribution in [0.5, 0.6) is 0 Å². The quantitative estimate of drug-likeness (QED) is 0.355. The summed E-state index contributed by atoms with van der Waals surface area (Å²) in [6.45, 7) is 7.86. The van der Waals surface area contributed by atoms with E-state index in [1.54, 1.807) is 7.05 Å². The Balaban J connectivity index is 2.77. The van der Waals surface area contributed by atoms with Crippen molar-refractivity contribution < 1.29 is 24.2 Å². The van der Waals surface area contributed by atoms with Gasteiger partial charge in [0.2, 0.25) is 11.8 Å². The van der Waals surface area contributed by atoms with Gasteiger partial charge in [-0.3, -0.25) is 9.59 Å². The topological polar surface area (TPSA) is 117 Å². The van der Waals surface area contributed by atoms with E-state index in [1.807, 2.05) is 58.0 Å². The number of carboxylic acids is 1. The van der Waals surface area contributed by atoms with E-state index in [2.05, 4.69) is 16.0 Å². The van der Waals surface area contributed by atoms with E-state index in [4.69, 9.17) is 4.74 Å². The summed E-state index contributed by atoms with van der Waals surface area (Å²) in [7, 11) is 1.70. The molecule has 31 heavy (non-hydrogen) atoms. The third-order valence-corrected chi connectivity index (χ3v) is 5.18. The van der Waals surface area contributed by atoms with E-state index in [1.165, 1.54) is 0 Å². The fourth-order valence-corrected chi connectivity index (χ4v) is 3.09. The van der Waals surface area contributed by atoms with Gasteiger partial charge in [0.1, 0.15) is 6.04 Å². The molecule has 1 rings (SSSR count). The molecule has 0 aliphatic carbocycles. The lowest BCUT2D eigenvalue weighted by atomic mass is 9.96. The number of carboxylic acid groups (broad SMARTS) is 1. The van der Waals surface area contributed by atoms with Gasteiger partial charge in [-0.25, -0.2) is 4.79 Å². The molecule has 174 valence electrons. The lowest BCUT2D eigenvalue weighted by Gasteiger charge is -2.27. The van der Waals surface area contributed by atoms with E-state index >= 15 is 0 Å². The third-order valence-electron chi connectivity index (χ3n) is 5.18. The molecule has 0 saturated heterocycles. The Morgan fingerprint density at radius 2 is 1.65 bits per heavy atom. The molecule has 0 aliphatic rings. The summed E-state index contributed by atoms with van der Waals surface area (Å²) in [5, 5.41) is 17.8. The predicted octanol–water partition coefficient (Wildman–Crippen LogP) is 1.94. The summed E-state index contributed by atoms with van der Waals surface area (Å²) in [6.07, 6.45) is 1.28. The van der Waals surface area contributed by atoms with Gasteiger partial charge >= 0.3 is 5.97 Å². The van der Waals surface area contributed by atoms with E-state index in [9.17, 15) is 19.5 Å². The van der Waals surface area contributed by atoms with Crippen LogP contribution < -0.4 is 16.0 Å². The van der Waals surface area contributed by atoms with E-state index in [-0.39, 0.29) is 25.0 Å². The molecule has 0 radical (unpaired) electrons. The average Bonchev–Trinajstić information content (AvgIpc) is 2.74. The van der Waals surface area contributed by atoms with Crippen LogP contribution in [0.15, 0.2) is 30.3 Å². The highest BCUT2D eigenvalue weighted by Crippen LogP contribution is 2.11. The SMILES string of the molecule is CC[C@H](C)[C@H](NC(=O)[C@H](CC(C)C)NC)C(=O)N[C@@H](COCc1ccccc1)C(=O)O. The molecule has 1 aromatic rings. The number of nitrogens with one attached hydrogen (secondary N) is 3. The average molecular weight is 436 g/mol. The van der Waals surface area contributed by atoms with Gasteiger partial charge < -0.3 is 25.8 Å². The minimum atomic E-state index is -1.21. The lowest BCUT2D eigenvalue weighted by molar-refractivity contribution is -0.144. The van der Waals surface area contributed by atoms with Crippen molar-refractivity contribution in [1.29, 1.82) is 0 Å². The maximum atomic E-state index is 12.9. The Kier molecular flexibility index (Phi) is 11.8. The second-order valence-electron chi connectivity index (χ2n) is 8.24. The van der Waals surface area contributed by atoms with Gasteiger partial charge in [-0.15, -0.1) is 0 Å². The summed E-state index contributed by atoms with van der Waals surface area (Å²) in [6, 6.07) is 6.89. The van der Waals surface area contributed by atoms with E-state index < -0.39 is 30.0 Å². The van der Waals surface area contributed by atoms with Crippen molar-refractivity contribution in [3.63, 3.8) is 0 Å². The van der Waals surface area contributed by atoms with Crippen LogP contribution >= 0.6 is 0 Å². The maximum Gasteiger partial charge on any atom is 0.328 e. The summed E-state index contributed by atoms with van der Waals surface area (Å²) < 4.78 is 5.50. The fourth-order valence-electron chi connectivity index (χ4n) is 3.09. The molecule has 0 spiro atoms. The number of hydrogen-bond donors (Lipinski definition) is 4. The number of aliphatic carboxylic acids is 1. The molecule has 0 aromatic heterocycles. The molecule has 0 unspecified atom stereocenters. The molecule has 0 heterocycles. The normalized spacial score (nSPS) is 15.0. The number of benzene rings is 1. The summed E-state index contributed by atoms with van der Waals surface area (Å²) in [4.78, 5) is 37.2. The van der Waals surface area contributed by atoms with Crippen molar-refractivity contribution >= 4 is 17.8 Å². The van der Waals surface area contributed by atoms with Crippen molar-refractivity contribution in [3.05, 3.63) is 35.9 Å².